The largest absolute Gasteiger partial charge is 0.346 e. The predicted octanol–water partition coefficient (Wildman–Crippen LogP) is 2.09. The van der Waals surface area contributed by atoms with E-state index in [-0.39, 0.29) is 17.3 Å². The van der Waals surface area contributed by atoms with Gasteiger partial charge in [0.25, 0.3) is 5.91 Å². The number of sulfonamides is 1. The number of nitrogens with zero attached hydrogens (tertiary/aromatic N) is 1. The molecule has 24 heavy (non-hydrogen) atoms. The highest BCUT2D eigenvalue weighted by Crippen LogP contribution is 2.12. The molecule has 0 aliphatic heterocycles. The molecule has 2 rings (SSSR count). The molecule has 0 bridgehead atoms. The van der Waals surface area contributed by atoms with Gasteiger partial charge >= 0.3 is 0 Å². The van der Waals surface area contributed by atoms with Crippen LogP contribution in [0.2, 0.25) is 0 Å². The molecule has 1 amide bonds. The average molecular weight is 347 g/mol. The van der Waals surface area contributed by atoms with Gasteiger partial charge < -0.3 is 5.32 Å². The second kappa shape index (κ2) is 8.56. The maximum atomic E-state index is 12.2. The van der Waals surface area contributed by atoms with E-state index in [4.69, 9.17) is 0 Å². The summed E-state index contributed by atoms with van der Waals surface area (Å²) in [5, 5.41) is 2.73. The molecule has 0 atom stereocenters. The Morgan fingerprint density at radius 2 is 2.00 bits per heavy atom. The summed E-state index contributed by atoms with van der Waals surface area (Å²) < 4.78 is 26.9. The van der Waals surface area contributed by atoms with Crippen molar-refractivity contribution in [3.63, 3.8) is 0 Å². The van der Waals surface area contributed by atoms with Gasteiger partial charge in [-0.15, -0.1) is 0 Å². The molecular formula is C17H21N3O3S. The van der Waals surface area contributed by atoms with E-state index in [0.29, 0.717) is 12.1 Å². The van der Waals surface area contributed by atoms with E-state index < -0.39 is 10.0 Å². The molecule has 0 unspecified atom stereocenters. The molecule has 1 aromatic heterocycles. The lowest BCUT2D eigenvalue weighted by Crippen LogP contribution is -2.26. The van der Waals surface area contributed by atoms with Crippen LogP contribution in [0, 0.1) is 0 Å². The van der Waals surface area contributed by atoms with Crippen molar-refractivity contribution in [2.75, 3.05) is 6.54 Å². The van der Waals surface area contributed by atoms with Gasteiger partial charge in [0.05, 0.1) is 17.1 Å². The van der Waals surface area contributed by atoms with Crippen molar-refractivity contribution >= 4 is 15.9 Å². The predicted molar refractivity (Wildman–Crippen MR) is 91.9 cm³/mol. The molecule has 0 aliphatic rings. The van der Waals surface area contributed by atoms with Crippen molar-refractivity contribution in [2.24, 2.45) is 0 Å². The van der Waals surface area contributed by atoms with E-state index in [0.717, 1.165) is 18.5 Å². The molecular weight excluding hydrogens is 326 g/mol. The summed E-state index contributed by atoms with van der Waals surface area (Å²) in [6.07, 6.45) is 3.32. The monoisotopic (exact) mass is 347 g/mol. The Labute approximate surface area is 142 Å². The van der Waals surface area contributed by atoms with Crippen LogP contribution in [0.5, 0.6) is 0 Å². The molecule has 0 saturated carbocycles. The Kier molecular flexibility index (Phi) is 6.45. The lowest BCUT2D eigenvalue weighted by Gasteiger charge is -2.08. The summed E-state index contributed by atoms with van der Waals surface area (Å²) in [6.45, 7) is 2.65. The Hall–Kier alpha value is -2.25. The average Bonchev–Trinajstić information content (AvgIpc) is 2.61. The number of aromatic nitrogens is 1. The minimum Gasteiger partial charge on any atom is -0.346 e. The first-order valence-corrected chi connectivity index (χ1v) is 9.29. The molecule has 0 spiro atoms. The third-order valence-electron chi connectivity index (χ3n) is 3.39. The summed E-state index contributed by atoms with van der Waals surface area (Å²) in [5.41, 5.74) is 1.03. The molecule has 2 N–H and O–H groups in total. The molecule has 1 heterocycles. The highest BCUT2D eigenvalue weighted by molar-refractivity contribution is 7.89. The minimum atomic E-state index is -3.60. The summed E-state index contributed by atoms with van der Waals surface area (Å²) in [5.74, 6) is -0.341. The molecule has 128 valence electrons. The summed E-state index contributed by atoms with van der Waals surface area (Å²) in [6, 6.07) is 11.4. The summed E-state index contributed by atoms with van der Waals surface area (Å²) in [4.78, 5) is 16.4. The number of unbranched alkanes of at least 4 members (excludes halogenated alkanes) is 1. The molecule has 2 aromatic rings. The molecule has 0 aliphatic carbocycles. The number of hydrogen-bond acceptors (Lipinski definition) is 4. The van der Waals surface area contributed by atoms with Crippen LogP contribution in [-0.2, 0) is 16.6 Å². The van der Waals surface area contributed by atoms with Gasteiger partial charge in [0.15, 0.2) is 0 Å². The van der Waals surface area contributed by atoms with Crippen LogP contribution in [0.4, 0.5) is 0 Å². The van der Waals surface area contributed by atoms with Crippen LogP contribution in [0.15, 0.2) is 53.6 Å². The number of pyridine rings is 1. The zero-order valence-electron chi connectivity index (χ0n) is 13.5. The Morgan fingerprint density at radius 1 is 1.17 bits per heavy atom. The van der Waals surface area contributed by atoms with Crippen molar-refractivity contribution in [1.29, 1.82) is 0 Å². The van der Waals surface area contributed by atoms with E-state index in [9.17, 15) is 13.2 Å². The zero-order valence-corrected chi connectivity index (χ0v) is 14.3. The minimum absolute atomic E-state index is 0.0871. The van der Waals surface area contributed by atoms with Crippen molar-refractivity contribution < 1.29 is 13.2 Å². The van der Waals surface area contributed by atoms with Gasteiger partial charge in [0.1, 0.15) is 0 Å². The van der Waals surface area contributed by atoms with Gasteiger partial charge in [-0.3, -0.25) is 9.78 Å². The quantitative estimate of drug-likeness (QED) is 0.716. The first-order valence-electron chi connectivity index (χ1n) is 7.81. The molecule has 0 radical (unpaired) electrons. The number of carbonyl (C=O) groups is 1. The van der Waals surface area contributed by atoms with Crippen molar-refractivity contribution in [2.45, 2.75) is 31.2 Å². The lowest BCUT2D eigenvalue weighted by atomic mass is 10.2. The van der Waals surface area contributed by atoms with Gasteiger partial charge in [-0.1, -0.05) is 25.5 Å². The van der Waals surface area contributed by atoms with Gasteiger partial charge in [-0.05, 0) is 36.8 Å². The van der Waals surface area contributed by atoms with E-state index >= 15 is 0 Å². The standard InChI is InChI=1S/C17H21N3O3S/c1-2-3-11-20-24(22,23)16-9-6-7-14(12-16)17(21)19-13-15-8-4-5-10-18-15/h4-10,12,20H,2-3,11,13H2,1H3,(H,19,21). The van der Waals surface area contributed by atoms with Gasteiger partial charge in [0, 0.05) is 18.3 Å². The molecule has 6 nitrogen and oxygen atoms in total. The Balaban J connectivity index is 2.05. The first kappa shape index (κ1) is 18.1. The fraction of sp³-hybridized carbons (Fsp3) is 0.294. The van der Waals surface area contributed by atoms with Crippen LogP contribution in [-0.4, -0.2) is 25.9 Å². The van der Waals surface area contributed by atoms with Crippen LogP contribution in [0.1, 0.15) is 35.8 Å². The lowest BCUT2D eigenvalue weighted by molar-refractivity contribution is 0.0950. The van der Waals surface area contributed by atoms with E-state index in [1.54, 1.807) is 30.5 Å². The Morgan fingerprint density at radius 3 is 2.71 bits per heavy atom. The van der Waals surface area contributed by atoms with Gasteiger partial charge in [-0.25, -0.2) is 13.1 Å². The number of amides is 1. The summed E-state index contributed by atoms with van der Waals surface area (Å²) >= 11 is 0. The van der Waals surface area contributed by atoms with Crippen molar-refractivity contribution in [3.8, 4) is 0 Å². The summed E-state index contributed by atoms with van der Waals surface area (Å²) in [7, 11) is -3.60. The van der Waals surface area contributed by atoms with E-state index in [1.165, 1.54) is 12.1 Å². The number of benzene rings is 1. The zero-order chi connectivity index (χ0) is 17.4. The van der Waals surface area contributed by atoms with Crippen molar-refractivity contribution in [3.05, 3.63) is 59.9 Å². The molecule has 7 heteroatoms. The van der Waals surface area contributed by atoms with Crippen LogP contribution in [0.25, 0.3) is 0 Å². The highest BCUT2D eigenvalue weighted by atomic mass is 32.2. The number of hydrogen-bond donors (Lipinski definition) is 2. The maximum Gasteiger partial charge on any atom is 0.251 e. The van der Waals surface area contributed by atoms with Crippen LogP contribution < -0.4 is 10.0 Å². The first-order chi connectivity index (χ1) is 11.5. The number of carbonyl (C=O) groups excluding carboxylic acids is 1. The van der Waals surface area contributed by atoms with E-state index in [1.807, 2.05) is 13.0 Å². The van der Waals surface area contributed by atoms with Gasteiger partial charge in [0.2, 0.25) is 10.0 Å². The maximum absolute atomic E-state index is 12.2. The number of rotatable bonds is 8. The Bertz CT molecular complexity index is 777. The third kappa shape index (κ3) is 5.14. The smallest absolute Gasteiger partial charge is 0.251 e. The second-order valence-electron chi connectivity index (χ2n) is 5.28. The third-order valence-corrected chi connectivity index (χ3v) is 4.84. The van der Waals surface area contributed by atoms with Crippen molar-refractivity contribution in [1.82, 2.24) is 15.0 Å². The van der Waals surface area contributed by atoms with Crippen LogP contribution in [0.3, 0.4) is 0 Å². The SMILES string of the molecule is CCCCNS(=O)(=O)c1cccc(C(=O)NCc2ccccn2)c1. The highest BCUT2D eigenvalue weighted by Gasteiger charge is 2.15. The van der Waals surface area contributed by atoms with Gasteiger partial charge in [-0.2, -0.15) is 0 Å². The topological polar surface area (TPSA) is 88.2 Å². The van der Waals surface area contributed by atoms with E-state index in [2.05, 4.69) is 15.0 Å². The van der Waals surface area contributed by atoms with Crippen LogP contribution >= 0.6 is 0 Å². The fourth-order valence-corrected chi connectivity index (χ4v) is 3.17. The number of nitrogens with one attached hydrogen (secondary N) is 2. The normalized spacial score (nSPS) is 11.2. The second-order valence-corrected chi connectivity index (χ2v) is 7.05. The molecule has 0 saturated heterocycles. The molecule has 0 fully saturated rings. The fourth-order valence-electron chi connectivity index (χ4n) is 2.05. The molecule has 1 aromatic carbocycles.